The summed E-state index contributed by atoms with van der Waals surface area (Å²) in [5.74, 6) is 0. The van der Waals surface area contributed by atoms with Crippen molar-refractivity contribution in [2.24, 2.45) is 0 Å². The first kappa shape index (κ1) is 16.6. The Labute approximate surface area is 147 Å². The quantitative estimate of drug-likeness (QED) is 0.717. The summed E-state index contributed by atoms with van der Waals surface area (Å²) in [6, 6.07) is 13.8. The van der Waals surface area contributed by atoms with Crippen LogP contribution in [-0.2, 0) is 6.54 Å². The van der Waals surface area contributed by atoms with Gasteiger partial charge in [-0.25, -0.2) is 4.68 Å². The number of hydrogen-bond acceptors (Lipinski definition) is 3. The predicted molar refractivity (Wildman–Crippen MR) is 102 cm³/mol. The Bertz CT molecular complexity index is 1010. The number of allylic oxidation sites excluding steroid dienone is 5. The summed E-state index contributed by atoms with van der Waals surface area (Å²) in [4.78, 5) is 4.46. The zero-order valence-corrected chi connectivity index (χ0v) is 14.2. The van der Waals surface area contributed by atoms with Gasteiger partial charge in [-0.15, -0.1) is 0 Å². The van der Waals surface area contributed by atoms with Crippen LogP contribution in [0.15, 0.2) is 79.5 Å². The van der Waals surface area contributed by atoms with Crippen LogP contribution in [0.25, 0.3) is 16.5 Å². The molecule has 0 unspecified atom stereocenters. The number of benzene rings is 1. The topological polar surface area (TPSA) is 54.6 Å². The van der Waals surface area contributed by atoms with Gasteiger partial charge in [-0.3, -0.25) is 10.4 Å². The monoisotopic (exact) mass is 328 g/mol. The van der Waals surface area contributed by atoms with E-state index in [1.165, 1.54) is 0 Å². The van der Waals surface area contributed by atoms with Gasteiger partial charge in [0.05, 0.1) is 6.54 Å². The van der Waals surface area contributed by atoms with Gasteiger partial charge >= 0.3 is 0 Å². The first-order valence-electron chi connectivity index (χ1n) is 8.11. The van der Waals surface area contributed by atoms with Gasteiger partial charge in [0.15, 0.2) is 5.49 Å². The van der Waals surface area contributed by atoms with E-state index < -0.39 is 0 Å². The molecular formula is C21H20N4. The molecule has 1 aromatic carbocycles. The van der Waals surface area contributed by atoms with Crippen LogP contribution in [0.5, 0.6) is 0 Å². The molecule has 124 valence electrons. The molecule has 0 radical (unpaired) electrons. The molecule has 0 aliphatic heterocycles. The van der Waals surface area contributed by atoms with E-state index in [1.807, 2.05) is 67.6 Å². The fourth-order valence-corrected chi connectivity index (χ4v) is 2.64. The lowest BCUT2D eigenvalue weighted by atomic mass is 10.1. The van der Waals surface area contributed by atoms with Crippen molar-refractivity contribution in [1.29, 1.82) is 5.41 Å². The van der Waals surface area contributed by atoms with Crippen molar-refractivity contribution in [3.63, 3.8) is 0 Å². The van der Waals surface area contributed by atoms with Crippen LogP contribution >= 0.6 is 0 Å². The summed E-state index contributed by atoms with van der Waals surface area (Å²) < 4.78 is 1.73. The van der Waals surface area contributed by atoms with Gasteiger partial charge < -0.3 is 0 Å². The number of pyridine rings is 1. The summed E-state index contributed by atoms with van der Waals surface area (Å²) in [6.07, 6.45) is 9.25. The Balaban J connectivity index is 2.17. The highest BCUT2D eigenvalue weighted by Gasteiger charge is 2.11. The molecule has 0 amide bonds. The lowest BCUT2D eigenvalue weighted by Crippen LogP contribution is -2.25. The van der Waals surface area contributed by atoms with Crippen molar-refractivity contribution in [3.8, 4) is 0 Å². The van der Waals surface area contributed by atoms with E-state index in [0.717, 1.165) is 27.7 Å². The average molecular weight is 328 g/mol. The van der Waals surface area contributed by atoms with Gasteiger partial charge in [-0.05, 0) is 30.2 Å². The maximum absolute atomic E-state index is 8.51. The summed E-state index contributed by atoms with van der Waals surface area (Å²) in [6.45, 7) is 6.23. The molecule has 4 nitrogen and oxygen atoms in total. The highest BCUT2D eigenvalue weighted by Crippen LogP contribution is 2.18. The van der Waals surface area contributed by atoms with Gasteiger partial charge in [0, 0.05) is 11.6 Å². The zero-order chi connectivity index (χ0) is 17.6. The van der Waals surface area contributed by atoms with E-state index >= 15 is 0 Å². The van der Waals surface area contributed by atoms with E-state index in [-0.39, 0.29) is 0 Å². The molecule has 0 aliphatic rings. The summed E-state index contributed by atoms with van der Waals surface area (Å²) in [5, 5.41) is 14.0. The van der Waals surface area contributed by atoms with Crippen molar-refractivity contribution >= 4 is 16.5 Å². The first-order valence-corrected chi connectivity index (χ1v) is 8.11. The summed E-state index contributed by atoms with van der Waals surface area (Å²) >= 11 is 0. The normalized spacial score (nSPS) is 12.0. The number of hydrogen-bond donors (Lipinski definition) is 1. The van der Waals surface area contributed by atoms with Crippen molar-refractivity contribution in [1.82, 2.24) is 14.8 Å². The van der Waals surface area contributed by atoms with Gasteiger partial charge in [-0.1, -0.05) is 61.2 Å². The second-order valence-electron chi connectivity index (χ2n) is 5.71. The minimum atomic E-state index is 0.366. The van der Waals surface area contributed by atoms with E-state index in [2.05, 4.69) is 11.6 Å². The highest BCUT2D eigenvalue weighted by atomic mass is 15.3. The van der Waals surface area contributed by atoms with Gasteiger partial charge in [0.25, 0.3) is 0 Å². The largest absolute Gasteiger partial charge is 0.283 e. The zero-order valence-electron chi connectivity index (χ0n) is 14.2. The number of rotatable bonds is 5. The third kappa shape index (κ3) is 3.63. The van der Waals surface area contributed by atoms with E-state index in [4.69, 9.17) is 10.5 Å². The van der Waals surface area contributed by atoms with E-state index in [0.29, 0.717) is 12.0 Å². The van der Waals surface area contributed by atoms with Crippen LogP contribution in [0.2, 0.25) is 0 Å². The fraction of sp³-hybridized carbons (Fsp3) is 0.0952. The van der Waals surface area contributed by atoms with Crippen LogP contribution in [0.4, 0.5) is 0 Å². The highest BCUT2D eigenvalue weighted by molar-refractivity contribution is 5.87. The summed E-state index contributed by atoms with van der Waals surface area (Å²) in [5.41, 5.74) is 4.00. The lowest BCUT2D eigenvalue weighted by molar-refractivity contribution is 0.624. The molecule has 0 saturated heterocycles. The Hall–Kier alpha value is -3.27. The molecule has 1 N–H and O–H groups in total. The molecule has 3 rings (SSSR count). The third-order valence-corrected chi connectivity index (χ3v) is 3.91. The Morgan fingerprint density at radius 2 is 1.96 bits per heavy atom. The third-order valence-electron chi connectivity index (χ3n) is 3.91. The average Bonchev–Trinajstić information content (AvgIpc) is 2.65. The second-order valence-corrected chi connectivity index (χ2v) is 5.71. The minimum Gasteiger partial charge on any atom is -0.283 e. The molecule has 0 atom stereocenters. The van der Waals surface area contributed by atoms with Crippen LogP contribution < -0.4 is 5.49 Å². The Kier molecular flexibility index (Phi) is 5.00. The maximum atomic E-state index is 8.51. The molecule has 2 aromatic heterocycles. The Morgan fingerprint density at radius 3 is 2.72 bits per heavy atom. The van der Waals surface area contributed by atoms with Gasteiger partial charge in [0.1, 0.15) is 11.2 Å². The molecule has 3 aromatic rings. The standard InChI is InChI=1S/C21H20N4/c1-3-4-6-10-16(2)19-20-18(13-9-14-23-20)21(22)25(24-19)15-17-11-7-5-8-12-17/h3-14,22H,1,15H2,2H3/b6-4-,16-10+,22-21?. The SMILES string of the molecule is C=C/C=C\C=C(/C)c1nn(Cc2ccccc2)c(=N)c2cccnc12. The number of nitrogens with one attached hydrogen (secondary N) is 1. The van der Waals surface area contributed by atoms with Crippen LogP contribution in [-0.4, -0.2) is 14.8 Å². The van der Waals surface area contributed by atoms with Crippen LogP contribution in [0, 0.1) is 5.41 Å². The van der Waals surface area contributed by atoms with Crippen molar-refractivity contribution in [2.45, 2.75) is 13.5 Å². The minimum absolute atomic E-state index is 0.366. The molecular weight excluding hydrogens is 308 g/mol. The van der Waals surface area contributed by atoms with Crippen molar-refractivity contribution < 1.29 is 0 Å². The summed E-state index contributed by atoms with van der Waals surface area (Å²) in [7, 11) is 0. The van der Waals surface area contributed by atoms with E-state index in [9.17, 15) is 0 Å². The molecule has 25 heavy (non-hydrogen) atoms. The predicted octanol–water partition coefficient (Wildman–Crippen LogP) is 4.10. The van der Waals surface area contributed by atoms with Crippen molar-refractivity contribution in [3.05, 3.63) is 96.3 Å². The Morgan fingerprint density at radius 1 is 1.16 bits per heavy atom. The molecule has 0 spiro atoms. The van der Waals surface area contributed by atoms with Gasteiger partial charge in [0.2, 0.25) is 0 Å². The molecule has 0 fully saturated rings. The van der Waals surface area contributed by atoms with Crippen LogP contribution in [0.1, 0.15) is 18.2 Å². The molecule has 4 heteroatoms. The fourth-order valence-electron chi connectivity index (χ4n) is 2.64. The number of aromatic nitrogens is 3. The first-order chi connectivity index (χ1) is 12.2. The number of nitrogens with zero attached hydrogens (tertiary/aromatic N) is 3. The van der Waals surface area contributed by atoms with Crippen molar-refractivity contribution in [2.75, 3.05) is 0 Å². The van der Waals surface area contributed by atoms with E-state index in [1.54, 1.807) is 17.0 Å². The molecule has 0 bridgehead atoms. The molecule has 0 aliphatic carbocycles. The molecule has 0 saturated carbocycles. The maximum Gasteiger partial charge on any atom is 0.151 e. The van der Waals surface area contributed by atoms with Crippen LogP contribution in [0.3, 0.4) is 0 Å². The lowest BCUT2D eigenvalue weighted by Gasteiger charge is -2.12. The number of fused-ring (bicyclic) bond motifs is 1. The second kappa shape index (κ2) is 7.53. The smallest absolute Gasteiger partial charge is 0.151 e. The molecule has 2 heterocycles. The van der Waals surface area contributed by atoms with Gasteiger partial charge in [-0.2, -0.15) is 5.10 Å².